The Kier molecular flexibility index (Phi) is 3.11. The predicted octanol–water partition coefficient (Wildman–Crippen LogP) is 4.08. The van der Waals surface area contributed by atoms with Gasteiger partial charge < -0.3 is 5.11 Å². The first-order valence-electron chi connectivity index (χ1n) is 6.47. The average Bonchev–Trinajstić information content (AvgIpc) is 2.72. The molecule has 1 aliphatic rings. The van der Waals surface area contributed by atoms with Crippen molar-refractivity contribution >= 4 is 17.3 Å². The molecule has 1 aromatic carbocycles. The van der Waals surface area contributed by atoms with Crippen molar-refractivity contribution in [2.24, 2.45) is 0 Å². The Morgan fingerprint density at radius 1 is 1.37 bits per heavy atom. The number of rotatable bonds is 3. The van der Waals surface area contributed by atoms with E-state index < -0.39 is 5.97 Å². The maximum atomic E-state index is 11.4. The van der Waals surface area contributed by atoms with Gasteiger partial charge in [0.05, 0.1) is 5.69 Å². The van der Waals surface area contributed by atoms with Crippen LogP contribution in [-0.4, -0.2) is 16.1 Å². The van der Waals surface area contributed by atoms with Gasteiger partial charge in [-0.25, -0.2) is 9.78 Å². The monoisotopic (exact) mass is 273 g/mol. The lowest BCUT2D eigenvalue weighted by atomic mass is 9.82. The van der Waals surface area contributed by atoms with Crippen LogP contribution in [0.15, 0.2) is 24.3 Å². The number of thiazole rings is 1. The molecule has 0 unspecified atom stereocenters. The molecule has 0 amide bonds. The van der Waals surface area contributed by atoms with Crippen molar-refractivity contribution in [3.05, 3.63) is 40.4 Å². The highest BCUT2D eigenvalue weighted by molar-refractivity contribution is 7.17. The highest BCUT2D eigenvalue weighted by atomic mass is 32.1. The zero-order chi connectivity index (χ0) is 13.4. The topological polar surface area (TPSA) is 50.2 Å². The van der Waals surface area contributed by atoms with Crippen molar-refractivity contribution in [1.82, 2.24) is 4.98 Å². The Labute approximate surface area is 115 Å². The number of carbonyl (C=O) groups is 1. The molecule has 3 rings (SSSR count). The van der Waals surface area contributed by atoms with Crippen LogP contribution in [0.4, 0.5) is 0 Å². The minimum absolute atomic E-state index is 0.347. The number of benzene rings is 1. The van der Waals surface area contributed by atoms with E-state index in [1.807, 2.05) is 31.2 Å². The van der Waals surface area contributed by atoms with Gasteiger partial charge >= 0.3 is 5.97 Å². The van der Waals surface area contributed by atoms with E-state index in [1.54, 1.807) is 0 Å². The molecule has 0 bridgehead atoms. The van der Waals surface area contributed by atoms with Crippen LogP contribution >= 0.6 is 11.3 Å². The second-order valence-electron chi connectivity index (χ2n) is 4.98. The summed E-state index contributed by atoms with van der Waals surface area (Å²) in [6.07, 6.45) is 3.31. The molecule has 98 valence electrons. The van der Waals surface area contributed by atoms with Crippen LogP contribution in [0, 0.1) is 6.92 Å². The first-order valence-corrected chi connectivity index (χ1v) is 7.28. The largest absolute Gasteiger partial charge is 0.477 e. The predicted molar refractivity (Wildman–Crippen MR) is 75.8 cm³/mol. The van der Waals surface area contributed by atoms with Gasteiger partial charge in [-0.2, -0.15) is 0 Å². The lowest BCUT2D eigenvalue weighted by Crippen LogP contribution is -2.12. The van der Waals surface area contributed by atoms with Crippen LogP contribution in [0.25, 0.3) is 10.6 Å². The lowest BCUT2D eigenvalue weighted by molar-refractivity contribution is 0.0699. The summed E-state index contributed by atoms with van der Waals surface area (Å²) < 4.78 is 0. The molecule has 4 heteroatoms. The van der Waals surface area contributed by atoms with Crippen molar-refractivity contribution < 1.29 is 9.90 Å². The van der Waals surface area contributed by atoms with Crippen LogP contribution in [-0.2, 0) is 0 Å². The maximum absolute atomic E-state index is 11.4. The fraction of sp³-hybridized carbons (Fsp3) is 0.333. The van der Waals surface area contributed by atoms with Crippen molar-refractivity contribution in [1.29, 1.82) is 0 Å². The van der Waals surface area contributed by atoms with Crippen LogP contribution in [0.5, 0.6) is 0 Å². The zero-order valence-electron chi connectivity index (χ0n) is 10.7. The summed E-state index contributed by atoms with van der Waals surface area (Å²) >= 11 is 1.30. The molecule has 1 N–H and O–H groups in total. The average molecular weight is 273 g/mol. The first kappa shape index (κ1) is 12.4. The van der Waals surface area contributed by atoms with E-state index in [2.05, 4.69) is 4.98 Å². The van der Waals surface area contributed by atoms with Crippen LogP contribution < -0.4 is 0 Å². The van der Waals surface area contributed by atoms with E-state index in [0.29, 0.717) is 10.8 Å². The zero-order valence-corrected chi connectivity index (χ0v) is 11.5. The summed E-state index contributed by atoms with van der Waals surface area (Å²) in [5, 5.41) is 10.2. The number of hydrogen-bond acceptors (Lipinski definition) is 3. The molecule has 1 aliphatic carbocycles. The number of aromatic nitrogens is 1. The summed E-state index contributed by atoms with van der Waals surface area (Å²) in [6, 6.07) is 7.98. The molecule has 0 radical (unpaired) electrons. The minimum atomic E-state index is -0.848. The van der Waals surface area contributed by atoms with Gasteiger partial charge in [-0.3, -0.25) is 0 Å². The van der Waals surface area contributed by atoms with Gasteiger partial charge in [0.2, 0.25) is 0 Å². The summed E-state index contributed by atoms with van der Waals surface area (Å²) in [5.41, 5.74) is 2.97. The molecule has 0 saturated heterocycles. The Bertz CT molecular complexity index is 629. The number of carboxylic acids is 1. The molecule has 3 nitrogen and oxygen atoms in total. The van der Waals surface area contributed by atoms with Crippen molar-refractivity contribution in [2.45, 2.75) is 32.1 Å². The second kappa shape index (κ2) is 4.78. The van der Waals surface area contributed by atoms with Gasteiger partial charge in [-0.15, -0.1) is 11.3 Å². The fourth-order valence-corrected chi connectivity index (χ4v) is 3.45. The highest BCUT2D eigenvalue weighted by Gasteiger charge is 2.29. The van der Waals surface area contributed by atoms with E-state index in [1.165, 1.54) is 17.8 Å². The van der Waals surface area contributed by atoms with E-state index in [9.17, 15) is 9.90 Å². The summed E-state index contributed by atoms with van der Waals surface area (Å²) in [7, 11) is 0. The van der Waals surface area contributed by atoms with Crippen LogP contribution in [0.2, 0.25) is 0 Å². The van der Waals surface area contributed by atoms with Gasteiger partial charge in [0.15, 0.2) is 0 Å². The third-order valence-corrected chi connectivity index (χ3v) is 4.81. The molecule has 19 heavy (non-hydrogen) atoms. The lowest BCUT2D eigenvalue weighted by Gasteiger charge is -2.23. The molecule has 1 aromatic heterocycles. The van der Waals surface area contributed by atoms with Crippen molar-refractivity contribution in [2.75, 3.05) is 0 Å². The molecule has 1 saturated carbocycles. The van der Waals surface area contributed by atoms with E-state index in [-0.39, 0.29) is 0 Å². The summed E-state index contributed by atoms with van der Waals surface area (Å²) in [6.45, 7) is 2.03. The Balaban J connectivity index is 2.08. The van der Waals surface area contributed by atoms with Gasteiger partial charge in [-0.05, 0) is 25.3 Å². The third-order valence-electron chi connectivity index (χ3n) is 3.71. The number of aromatic carboxylic acids is 1. The molecule has 0 spiro atoms. The van der Waals surface area contributed by atoms with Crippen LogP contribution in [0.3, 0.4) is 0 Å². The SMILES string of the molecule is Cc1ccccc1-c1nc(C2CCC2)c(C(=O)O)s1. The Morgan fingerprint density at radius 2 is 2.11 bits per heavy atom. The Morgan fingerprint density at radius 3 is 2.68 bits per heavy atom. The second-order valence-corrected chi connectivity index (χ2v) is 5.98. The smallest absolute Gasteiger partial charge is 0.347 e. The standard InChI is InChI=1S/C15H15NO2S/c1-9-5-2-3-8-11(9)14-16-12(10-6-4-7-10)13(19-14)15(17)18/h2-3,5,8,10H,4,6-7H2,1H3,(H,17,18). The Hall–Kier alpha value is -1.68. The van der Waals surface area contributed by atoms with Crippen molar-refractivity contribution in [3.8, 4) is 10.6 Å². The number of carboxylic acid groups (broad SMARTS) is 1. The molecule has 0 aliphatic heterocycles. The number of nitrogens with zero attached hydrogens (tertiary/aromatic N) is 1. The van der Waals surface area contributed by atoms with Crippen LogP contribution in [0.1, 0.15) is 46.1 Å². The molecule has 2 aromatic rings. The van der Waals surface area contributed by atoms with E-state index >= 15 is 0 Å². The van der Waals surface area contributed by atoms with Gasteiger partial charge in [0, 0.05) is 11.5 Å². The molecular formula is C15H15NO2S. The summed E-state index contributed by atoms with van der Waals surface area (Å²) in [4.78, 5) is 16.4. The highest BCUT2D eigenvalue weighted by Crippen LogP contribution is 2.41. The van der Waals surface area contributed by atoms with E-state index in [0.717, 1.165) is 34.7 Å². The van der Waals surface area contributed by atoms with Gasteiger partial charge in [0.1, 0.15) is 9.88 Å². The molecule has 1 fully saturated rings. The van der Waals surface area contributed by atoms with Crippen molar-refractivity contribution in [3.63, 3.8) is 0 Å². The fourth-order valence-electron chi connectivity index (χ4n) is 2.37. The molecular weight excluding hydrogens is 258 g/mol. The minimum Gasteiger partial charge on any atom is -0.477 e. The molecule has 1 heterocycles. The number of hydrogen-bond donors (Lipinski definition) is 1. The van der Waals surface area contributed by atoms with Gasteiger partial charge in [0.25, 0.3) is 0 Å². The normalized spacial score (nSPS) is 15.2. The van der Waals surface area contributed by atoms with E-state index in [4.69, 9.17) is 0 Å². The maximum Gasteiger partial charge on any atom is 0.347 e. The summed E-state index contributed by atoms with van der Waals surface area (Å²) in [5.74, 6) is -0.501. The first-order chi connectivity index (χ1) is 9.16. The third kappa shape index (κ3) is 2.16. The molecule has 0 atom stereocenters. The van der Waals surface area contributed by atoms with Gasteiger partial charge in [-0.1, -0.05) is 30.7 Å². The quantitative estimate of drug-likeness (QED) is 0.916. The number of aryl methyl sites for hydroxylation is 1.